The maximum atomic E-state index is 8.54. The standard InChI is InChI=1S/C24H47N/c1-2-3-4-5-6-7-8-9-10-11-12-13-14-15-16-17-18-19-20-21-22-23-24-25/h23-24H,2-22H2,1H3/b24-23+. The van der Waals surface area contributed by atoms with Crippen LogP contribution in [0.4, 0.5) is 0 Å². The molecule has 0 aliphatic rings. The molecule has 0 amide bonds. The highest BCUT2D eigenvalue weighted by molar-refractivity contribution is 4.74. The van der Waals surface area contributed by atoms with E-state index in [4.69, 9.17) is 5.73 Å². The van der Waals surface area contributed by atoms with Crippen LogP contribution >= 0.6 is 0 Å². The molecule has 0 fully saturated rings. The molecule has 2 radical (unpaired) electrons. The van der Waals surface area contributed by atoms with E-state index in [0.717, 1.165) is 6.42 Å². The van der Waals surface area contributed by atoms with Crippen molar-refractivity contribution in [3.63, 3.8) is 0 Å². The predicted octanol–water partition coefficient (Wildman–Crippen LogP) is 8.78. The van der Waals surface area contributed by atoms with E-state index in [1.165, 1.54) is 135 Å². The quantitative estimate of drug-likeness (QED) is 0.185. The van der Waals surface area contributed by atoms with Crippen molar-refractivity contribution in [1.29, 1.82) is 0 Å². The monoisotopic (exact) mass is 349 g/mol. The molecule has 1 nitrogen and oxygen atoms in total. The number of hydrogen-bond donors (Lipinski definition) is 0. The maximum absolute atomic E-state index is 8.54. The molecule has 25 heavy (non-hydrogen) atoms. The Bertz CT molecular complexity index is 246. The van der Waals surface area contributed by atoms with Gasteiger partial charge in [0.1, 0.15) is 0 Å². The zero-order valence-electron chi connectivity index (χ0n) is 17.5. The Kier molecular flexibility index (Phi) is 23.1. The Hall–Kier alpha value is -0.460. The summed E-state index contributed by atoms with van der Waals surface area (Å²) in [6, 6.07) is 0. The lowest BCUT2D eigenvalue weighted by atomic mass is 10.0. The molecule has 0 aromatic carbocycles. The fraction of sp³-hybridized carbons (Fsp3) is 0.917. The van der Waals surface area contributed by atoms with Gasteiger partial charge in [-0.3, -0.25) is 0 Å². The highest BCUT2D eigenvalue weighted by atomic mass is 14.5. The van der Waals surface area contributed by atoms with Gasteiger partial charge in [0, 0.05) is 6.20 Å². The van der Waals surface area contributed by atoms with E-state index in [9.17, 15) is 0 Å². The second-order valence-electron chi connectivity index (χ2n) is 7.89. The molecule has 0 N–H and O–H groups in total. The van der Waals surface area contributed by atoms with Crippen molar-refractivity contribution in [3.8, 4) is 0 Å². The van der Waals surface area contributed by atoms with Crippen molar-refractivity contribution < 1.29 is 0 Å². The van der Waals surface area contributed by atoms with Gasteiger partial charge in [-0.25, -0.2) is 0 Å². The van der Waals surface area contributed by atoms with Crippen molar-refractivity contribution in [3.05, 3.63) is 12.3 Å². The summed E-state index contributed by atoms with van der Waals surface area (Å²) in [6.07, 6.45) is 32.7. The largest absolute Gasteiger partial charge is 0.160 e. The van der Waals surface area contributed by atoms with Crippen LogP contribution in [-0.2, 0) is 0 Å². The van der Waals surface area contributed by atoms with Crippen LogP contribution in [0.2, 0.25) is 0 Å². The fourth-order valence-electron chi connectivity index (χ4n) is 3.59. The van der Waals surface area contributed by atoms with Crippen molar-refractivity contribution in [1.82, 2.24) is 5.73 Å². The minimum atomic E-state index is 1.04. The molecule has 0 spiro atoms. The number of allylic oxidation sites excluding steroid dienone is 1. The molecule has 0 atom stereocenters. The summed E-state index contributed by atoms with van der Waals surface area (Å²) in [4.78, 5) is 0. The highest BCUT2D eigenvalue weighted by Gasteiger charge is 1.95. The van der Waals surface area contributed by atoms with Crippen LogP contribution in [0.1, 0.15) is 142 Å². The Morgan fingerprint density at radius 1 is 0.440 bits per heavy atom. The van der Waals surface area contributed by atoms with Crippen LogP contribution in [0.3, 0.4) is 0 Å². The van der Waals surface area contributed by atoms with Gasteiger partial charge in [-0.15, -0.1) is 0 Å². The zero-order chi connectivity index (χ0) is 18.3. The summed E-state index contributed by atoms with van der Waals surface area (Å²) >= 11 is 0. The first-order valence-corrected chi connectivity index (χ1v) is 11.7. The minimum Gasteiger partial charge on any atom is -0.160 e. The topological polar surface area (TPSA) is 22.3 Å². The molecular weight excluding hydrogens is 302 g/mol. The summed E-state index contributed by atoms with van der Waals surface area (Å²) in [5.41, 5.74) is 8.54. The van der Waals surface area contributed by atoms with Crippen LogP contribution in [-0.4, -0.2) is 0 Å². The Morgan fingerprint density at radius 2 is 0.720 bits per heavy atom. The minimum absolute atomic E-state index is 1.04. The number of rotatable bonds is 21. The second-order valence-corrected chi connectivity index (χ2v) is 7.89. The molecule has 0 aliphatic carbocycles. The first-order valence-electron chi connectivity index (χ1n) is 11.7. The Labute approximate surface area is 160 Å². The van der Waals surface area contributed by atoms with Crippen molar-refractivity contribution in [2.45, 2.75) is 142 Å². The molecular formula is C24H47N. The lowest BCUT2D eigenvalue weighted by Crippen LogP contribution is -1.84. The van der Waals surface area contributed by atoms with E-state index in [1.54, 1.807) is 0 Å². The van der Waals surface area contributed by atoms with E-state index >= 15 is 0 Å². The predicted molar refractivity (Wildman–Crippen MR) is 114 cm³/mol. The highest BCUT2D eigenvalue weighted by Crippen LogP contribution is 2.15. The van der Waals surface area contributed by atoms with Crippen molar-refractivity contribution >= 4 is 0 Å². The molecule has 0 bridgehead atoms. The van der Waals surface area contributed by atoms with Gasteiger partial charge >= 0.3 is 0 Å². The van der Waals surface area contributed by atoms with Crippen molar-refractivity contribution in [2.24, 2.45) is 0 Å². The van der Waals surface area contributed by atoms with Crippen molar-refractivity contribution in [2.75, 3.05) is 0 Å². The van der Waals surface area contributed by atoms with E-state index < -0.39 is 0 Å². The smallest absolute Gasteiger partial charge is 0.0455 e. The summed E-state index contributed by atoms with van der Waals surface area (Å²) in [6.45, 7) is 2.29. The van der Waals surface area contributed by atoms with Crippen LogP contribution in [0.25, 0.3) is 0 Å². The second kappa shape index (κ2) is 23.5. The third kappa shape index (κ3) is 23.5. The molecule has 1 heteroatoms. The van der Waals surface area contributed by atoms with Crippen LogP contribution in [0, 0.1) is 0 Å². The summed E-state index contributed by atoms with van der Waals surface area (Å²) in [5.74, 6) is 0. The van der Waals surface area contributed by atoms with E-state index in [1.807, 2.05) is 6.08 Å². The molecule has 148 valence electrons. The van der Waals surface area contributed by atoms with Crippen LogP contribution in [0.5, 0.6) is 0 Å². The molecule has 0 rings (SSSR count). The number of unbranched alkanes of at least 4 members (excludes halogenated alkanes) is 20. The van der Waals surface area contributed by atoms with Gasteiger partial charge in [0.25, 0.3) is 0 Å². The van der Waals surface area contributed by atoms with Gasteiger partial charge < -0.3 is 0 Å². The average Bonchev–Trinajstić information content (AvgIpc) is 2.63. The summed E-state index contributed by atoms with van der Waals surface area (Å²) in [7, 11) is 0. The normalized spacial score (nSPS) is 11.6. The third-order valence-electron chi connectivity index (χ3n) is 5.33. The molecule has 0 aliphatic heterocycles. The van der Waals surface area contributed by atoms with Gasteiger partial charge in [-0.05, 0) is 12.8 Å². The average molecular weight is 350 g/mol. The van der Waals surface area contributed by atoms with E-state index in [2.05, 4.69) is 6.92 Å². The maximum Gasteiger partial charge on any atom is 0.0455 e. The molecule has 0 unspecified atom stereocenters. The van der Waals surface area contributed by atoms with Crippen LogP contribution < -0.4 is 5.73 Å². The first-order chi connectivity index (χ1) is 12.4. The molecule has 0 saturated heterocycles. The van der Waals surface area contributed by atoms with Gasteiger partial charge in [0.15, 0.2) is 0 Å². The molecule has 0 heterocycles. The number of nitrogens with zero attached hydrogens (tertiary/aromatic N) is 1. The van der Waals surface area contributed by atoms with Gasteiger partial charge in [0.05, 0.1) is 0 Å². The van der Waals surface area contributed by atoms with Gasteiger partial charge in [-0.2, -0.15) is 5.73 Å². The van der Waals surface area contributed by atoms with E-state index in [0.29, 0.717) is 0 Å². The van der Waals surface area contributed by atoms with E-state index in [-0.39, 0.29) is 0 Å². The Morgan fingerprint density at radius 3 is 1.00 bits per heavy atom. The SMILES string of the molecule is CCCCCCCCCCCCCCCCCCCCCC/C=C/[N]. The summed E-state index contributed by atoms with van der Waals surface area (Å²) in [5, 5.41) is 0. The summed E-state index contributed by atoms with van der Waals surface area (Å²) < 4.78 is 0. The molecule has 0 aromatic rings. The van der Waals surface area contributed by atoms with Crippen LogP contribution in [0.15, 0.2) is 12.3 Å². The third-order valence-corrected chi connectivity index (χ3v) is 5.33. The molecule has 0 aromatic heterocycles. The lowest BCUT2D eigenvalue weighted by Gasteiger charge is -2.04. The van der Waals surface area contributed by atoms with Gasteiger partial charge in [-0.1, -0.05) is 135 Å². The molecule has 0 saturated carbocycles. The fourth-order valence-corrected chi connectivity index (χ4v) is 3.59. The Balaban J connectivity index is 2.96. The number of hydrogen-bond acceptors (Lipinski definition) is 0. The van der Waals surface area contributed by atoms with Gasteiger partial charge in [0.2, 0.25) is 0 Å². The lowest BCUT2D eigenvalue weighted by molar-refractivity contribution is 0.522. The zero-order valence-corrected chi connectivity index (χ0v) is 17.5. The first kappa shape index (κ1) is 24.5.